The Morgan fingerprint density at radius 1 is 0.408 bits per heavy atom. The summed E-state index contributed by atoms with van der Waals surface area (Å²) >= 11 is 0. The largest absolute Gasteiger partial charge is 0.0694 e. The molecule has 2 unspecified atom stereocenters. The van der Waals surface area contributed by atoms with Gasteiger partial charge in [0.25, 0.3) is 0 Å². The predicted octanol–water partition coefficient (Wildman–Crippen LogP) is 14.0. The first-order valence-corrected chi connectivity index (χ1v) is 18.6. The van der Waals surface area contributed by atoms with Crippen molar-refractivity contribution < 1.29 is 0 Å². The van der Waals surface area contributed by atoms with Gasteiger partial charge in [-0.1, -0.05) is 23.3 Å². The zero-order chi connectivity index (χ0) is 36.3. The molecular formula is C49H60. The van der Waals surface area contributed by atoms with Crippen LogP contribution in [-0.4, -0.2) is 0 Å². The van der Waals surface area contributed by atoms with E-state index < -0.39 is 0 Å². The zero-order valence-electron chi connectivity index (χ0n) is 34.0. The molecule has 0 heterocycles. The van der Waals surface area contributed by atoms with Crippen LogP contribution in [0.3, 0.4) is 0 Å². The third-order valence-electron chi connectivity index (χ3n) is 14.4. The van der Waals surface area contributed by atoms with Crippen molar-refractivity contribution in [2.45, 2.75) is 137 Å². The van der Waals surface area contributed by atoms with Crippen LogP contribution in [0, 0.1) is 95.9 Å². The van der Waals surface area contributed by atoms with E-state index in [0.29, 0.717) is 11.8 Å². The quantitative estimate of drug-likeness (QED) is 0.264. The molecule has 3 aliphatic rings. The molecule has 0 saturated carbocycles. The van der Waals surface area contributed by atoms with E-state index in [0.717, 1.165) is 6.42 Å². The fourth-order valence-electron chi connectivity index (χ4n) is 9.99. The molecule has 0 saturated heterocycles. The minimum absolute atomic E-state index is 0.308. The highest BCUT2D eigenvalue weighted by Crippen LogP contribution is 2.55. The third kappa shape index (κ3) is 4.83. The monoisotopic (exact) mass is 648 g/mol. The minimum Gasteiger partial charge on any atom is -0.0694 e. The van der Waals surface area contributed by atoms with Crippen molar-refractivity contribution >= 4 is 11.6 Å². The zero-order valence-corrected chi connectivity index (χ0v) is 34.0. The highest BCUT2D eigenvalue weighted by molar-refractivity contribution is 5.90. The maximum absolute atomic E-state index is 2.61. The Kier molecular flexibility index (Phi) is 8.62. The Balaban J connectivity index is 1.56. The van der Waals surface area contributed by atoms with Gasteiger partial charge in [0.2, 0.25) is 0 Å². The third-order valence-corrected chi connectivity index (χ3v) is 14.4. The van der Waals surface area contributed by atoms with Gasteiger partial charge in [-0.3, -0.25) is 0 Å². The summed E-state index contributed by atoms with van der Waals surface area (Å²) in [6.45, 7) is 42.3. The molecular weight excluding hydrogens is 589 g/mol. The number of hydrogen-bond acceptors (Lipinski definition) is 0. The summed E-state index contributed by atoms with van der Waals surface area (Å²) in [6, 6.07) is 0. The molecule has 0 radical (unpaired) electrons. The van der Waals surface area contributed by atoms with Crippen molar-refractivity contribution in [2.24, 2.45) is 5.92 Å². The molecule has 0 spiro atoms. The molecule has 3 aromatic rings. The van der Waals surface area contributed by atoms with Crippen LogP contribution < -0.4 is 0 Å². The van der Waals surface area contributed by atoms with Crippen LogP contribution in [0.15, 0.2) is 45.1 Å². The summed E-state index contributed by atoms with van der Waals surface area (Å²) in [7, 11) is 0. The van der Waals surface area contributed by atoms with Gasteiger partial charge in [0, 0.05) is 11.8 Å². The Hall–Kier alpha value is -3.64. The second kappa shape index (κ2) is 12.0. The van der Waals surface area contributed by atoms with Crippen LogP contribution in [0.4, 0.5) is 0 Å². The van der Waals surface area contributed by atoms with Gasteiger partial charge in [-0.15, -0.1) is 0 Å². The first-order valence-electron chi connectivity index (χ1n) is 18.6. The Morgan fingerprint density at radius 3 is 1.35 bits per heavy atom. The van der Waals surface area contributed by atoms with E-state index in [1.807, 2.05) is 0 Å². The molecule has 0 nitrogen and oxygen atoms in total. The molecule has 6 rings (SSSR count). The molecule has 256 valence electrons. The molecule has 0 heteroatoms. The van der Waals surface area contributed by atoms with Gasteiger partial charge >= 0.3 is 0 Å². The van der Waals surface area contributed by atoms with E-state index in [-0.39, 0.29) is 0 Å². The van der Waals surface area contributed by atoms with Gasteiger partial charge in [0.1, 0.15) is 0 Å². The lowest BCUT2D eigenvalue weighted by Gasteiger charge is -2.33. The van der Waals surface area contributed by atoms with E-state index in [1.165, 1.54) is 128 Å². The summed E-state index contributed by atoms with van der Waals surface area (Å²) in [5.74, 6) is 0.685. The first kappa shape index (κ1) is 35.2. The van der Waals surface area contributed by atoms with Crippen LogP contribution >= 0.6 is 0 Å². The summed E-state index contributed by atoms with van der Waals surface area (Å²) in [4.78, 5) is 0. The van der Waals surface area contributed by atoms with Gasteiger partial charge in [-0.25, -0.2) is 0 Å². The standard InChI is InChI=1S/C49H60/c1-22-19-42-46(36(15)30(9)38(17)48(42)44-32(11)26(5)24(3)27(6)33(44)12)40(22)21-41-23(2)20-43-47(41)37(16)31(10)39(18)49(43)45-34(13)28(7)25(4)29(8)35(45)14/h19-20,40,43H,21H2,1-18H3. The van der Waals surface area contributed by atoms with E-state index in [2.05, 4.69) is 137 Å². The Labute approximate surface area is 298 Å². The van der Waals surface area contributed by atoms with Crippen molar-refractivity contribution in [3.63, 3.8) is 0 Å². The van der Waals surface area contributed by atoms with Crippen molar-refractivity contribution in [2.75, 3.05) is 0 Å². The predicted molar refractivity (Wildman–Crippen MR) is 216 cm³/mol. The first-order chi connectivity index (χ1) is 22.8. The molecule has 0 amide bonds. The minimum atomic E-state index is 0.308. The second-order valence-electron chi connectivity index (χ2n) is 16.2. The number of rotatable bonds is 4. The summed E-state index contributed by atoms with van der Waals surface area (Å²) in [6.07, 6.45) is 6.22. The van der Waals surface area contributed by atoms with Gasteiger partial charge in [-0.2, -0.15) is 0 Å². The lowest BCUT2D eigenvalue weighted by Crippen LogP contribution is -2.16. The second-order valence-corrected chi connectivity index (χ2v) is 16.2. The molecule has 0 N–H and O–H groups in total. The summed E-state index contributed by atoms with van der Waals surface area (Å²) in [5, 5.41) is 0. The summed E-state index contributed by atoms with van der Waals surface area (Å²) < 4.78 is 0. The number of allylic oxidation sites excluding steroid dienone is 9. The SMILES string of the molecule is CC1=CC2C(=C1CC1C(C)=Cc3c(-c4c(C)c(C)c(C)c(C)c4C)c(C)c(C)c(C)c31)C(C)=C(C)C(C)=C2c1c(C)c(C)c(C)c(C)c1C. The topological polar surface area (TPSA) is 0 Å². The highest BCUT2D eigenvalue weighted by Gasteiger charge is 2.38. The lowest BCUT2D eigenvalue weighted by molar-refractivity contribution is 0.784. The van der Waals surface area contributed by atoms with Gasteiger partial charge in [-0.05, 0) is 265 Å². The number of benzene rings is 3. The maximum Gasteiger partial charge on any atom is 0.0289 e. The lowest BCUT2D eigenvalue weighted by atomic mass is 9.71. The van der Waals surface area contributed by atoms with Crippen LogP contribution in [-0.2, 0) is 0 Å². The summed E-state index contributed by atoms with van der Waals surface area (Å²) in [5.41, 5.74) is 38.3. The molecule has 0 bridgehead atoms. The van der Waals surface area contributed by atoms with E-state index >= 15 is 0 Å². The molecule has 3 aliphatic carbocycles. The van der Waals surface area contributed by atoms with E-state index in [9.17, 15) is 0 Å². The Bertz CT molecular complexity index is 2130. The normalized spacial score (nSPS) is 18.9. The van der Waals surface area contributed by atoms with E-state index in [4.69, 9.17) is 0 Å². The molecule has 0 aromatic heterocycles. The van der Waals surface area contributed by atoms with Crippen molar-refractivity contribution in [3.8, 4) is 11.1 Å². The molecule has 0 aliphatic heterocycles. The van der Waals surface area contributed by atoms with Gasteiger partial charge in [0.05, 0.1) is 0 Å². The van der Waals surface area contributed by atoms with Gasteiger partial charge < -0.3 is 0 Å². The fourth-order valence-corrected chi connectivity index (χ4v) is 9.99. The molecule has 2 atom stereocenters. The van der Waals surface area contributed by atoms with Crippen LogP contribution in [0.2, 0.25) is 0 Å². The van der Waals surface area contributed by atoms with Gasteiger partial charge in [0.15, 0.2) is 0 Å². The molecule has 0 fully saturated rings. The Morgan fingerprint density at radius 2 is 0.837 bits per heavy atom. The molecule has 49 heavy (non-hydrogen) atoms. The average molecular weight is 649 g/mol. The van der Waals surface area contributed by atoms with Crippen LogP contribution in [0.5, 0.6) is 0 Å². The van der Waals surface area contributed by atoms with Crippen LogP contribution in [0.1, 0.15) is 136 Å². The maximum atomic E-state index is 2.61. The van der Waals surface area contributed by atoms with E-state index in [1.54, 1.807) is 16.7 Å². The fraction of sp³-hybridized carbons (Fsp3) is 0.429. The number of fused-ring (bicyclic) bond motifs is 2. The van der Waals surface area contributed by atoms with Crippen molar-refractivity contribution in [1.29, 1.82) is 0 Å². The molecule has 3 aromatic carbocycles. The smallest absolute Gasteiger partial charge is 0.0289 e. The average Bonchev–Trinajstić information content (AvgIpc) is 3.57. The highest BCUT2D eigenvalue weighted by atomic mass is 14.4. The number of hydrogen-bond donors (Lipinski definition) is 0. The van der Waals surface area contributed by atoms with Crippen molar-refractivity contribution in [1.82, 2.24) is 0 Å². The van der Waals surface area contributed by atoms with Crippen LogP contribution in [0.25, 0.3) is 22.8 Å². The van der Waals surface area contributed by atoms with Crippen molar-refractivity contribution in [3.05, 3.63) is 134 Å².